The minimum absolute atomic E-state index is 0.00119. The number of benzene rings is 1. The standard InChI is InChI=1S/C18H13F3N4O3S/c19-18(20,21)28-12-4-1-3-11(7-12)10-29(26,27)13-8-15(23-9-13)16-14-5-2-6-22-17(14)25-24-16/h1-9,23H,10H2,(H,22,24,25). The summed E-state index contributed by atoms with van der Waals surface area (Å²) in [6, 6.07) is 9.84. The molecule has 0 aliphatic rings. The number of nitrogens with zero attached hydrogens (tertiary/aromatic N) is 2. The number of H-pyrrole nitrogens is 2. The molecule has 11 heteroatoms. The average molecular weight is 422 g/mol. The lowest BCUT2D eigenvalue weighted by Gasteiger charge is -2.10. The Kier molecular flexibility index (Phi) is 4.53. The summed E-state index contributed by atoms with van der Waals surface area (Å²) in [6.45, 7) is 0. The van der Waals surface area contributed by atoms with Crippen LogP contribution in [0.15, 0.2) is 59.8 Å². The predicted octanol–water partition coefficient (Wildman–Crippen LogP) is 3.83. The molecular formula is C18H13F3N4O3S. The van der Waals surface area contributed by atoms with E-state index in [-0.39, 0.29) is 10.5 Å². The number of hydrogen-bond acceptors (Lipinski definition) is 5. The van der Waals surface area contributed by atoms with Crippen molar-refractivity contribution < 1.29 is 26.3 Å². The van der Waals surface area contributed by atoms with Crippen molar-refractivity contribution in [3.63, 3.8) is 0 Å². The fourth-order valence-electron chi connectivity index (χ4n) is 2.89. The first kappa shape index (κ1) is 19.0. The SMILES string of the molecule is O=S(=O)(Cc1cccc(OC(F)(F)F)c1)c1c[nH]c(-c2[nH]nc3ncccc23)c1. The Balaban J connectivity index is 1.60. The van der Waals surface area contributed by atoms with Gasteiger partial charge in [-0.2, -0.15) is 5.10 Å². The van der Waals surface area contributed by atoms with Gasteiger partial charge in [0.2, 0.25) is 0 Å². The van der Waals surface area contributed by atoms with Crippen molar-refractivity contribution in [2.24, 2.45) is 0 Å². The van der Waals surface area contributed by atoms with Crippen LogP contribution in [0.25, 0.3) is 22.4 Å². The number of alkyl halides is 3. The van der Waals surface area contributed by atoms with Crippen LogP contribution in [-0.4, -0.2) is 34.9 Å². The van der Waals surface area contributed by atoms with E-state index < -0.39 is 27.7 Å². The third kappa shape index (κ3) is 4.09. The van der Waals surface area contributed by atoms with Gasteiger partial charge in [-0.15, -0.1) is 13.2 Å². The molecule has 2 N–H and O–H groups in total. The Morgan fingerprint density at radius 2 is 1.93 bits per heavy atom. The first-order valence-corrected chi connectivity index (χ1v) is 9.92. The van der Waals surface area contributed by atoms with Crippen molar-refractivity contribution in [1.82, 2.24) is 20.2 Å². The molecule has 0 saturated heterocycles. The van der Waals surface area contributed by atoms with Crippen LogP contribution in [-0.2, 0) is 15.6 Å². The van der Waals surface area contributed by atoms with E-state index in [2.05, 4.69) is 24.9 Å². The third-order valence-corrected chi connectivity index (χ3v) is 5.77. The highest BCUT2D eigenvalue weighted by Crippen LogP contribution is 2.28. The number of ether oxygens (including phenoxy) is 1. The van der Waals surface area contributed by atoms with E-state index in [1.807, 2.05) is 0 Å². The van der Waals surface area contributed by atoms with E-state index >= 15 is 0 Å². The maximum atomic E-state index is 12.7. The summed E-state index contributed by atoms with van der Waals surface area (Å²) in [5, 5.41) is 7.59. The molecule has 0 amide bonds. The van der Waals surface area contributed by atoms with Gasteiger partial charge in [-0.3, -0.25) is 5.10 Å². The highest BCUT2D eigenvalue weighted by molar-refractivity contribution is 7.90. The number of fused-ring (bicyclic) bond motifs is 1. The number of aromatic nitrogens is 4. The average Bonchev–Trinajstić information content (AvgIpc) is 3.27. The Morgan fingerprint density at radius 1 is 1.10 bits per heavy atom. The molecule has 4 aromatic rings. The molecule has 0 aliphatic heterocycles. The smallest absolute Gasteiger partial charge is 0.406 e. The van der Waals surface area contributed by atoms with Crippen LogP contribution in [0.2, 0.25) is 0 Å². The molecule has 3 heterocycles. The summed E-state index contributed by atoms with van der Waals surface area (Å²) < 4.78 is 66.4. The fourth-order valence-corrected chi connectivity index (χ4v) is 4.21. The Hall–Kier alpha value is -3.34. The topological polar surface area (TPSA) is 101 Å². The summed E-state index contributed by atoms with van der Waals surface area (Å²) in [6.07, 6.45) is -1.94. The third-order valence-electron chi connectivity index (χ3n) is 4.10. The lowest BCUT2D eigenvalue weighted by molar-refractivity contribution is -0.274. The molecule has 0 aliphatic carbocycles. The van der Waals surface area contributed by atoms with Gasteiger partial charge < -0.3 is 9.72 Å². The van der Waals surface area contributed by atoms with Crippen LogP contribution in [0.1, 0.15) is 5.56 Å². The summed E-state index contributed by atoms with van der Waals surface area (Å²) >= 11 is 0. The summed E-state index contributed by atoms with van der Waals surface area (Å²) in [5.74, 6) is -0.957. The van der Waals surface area contributed by atoms with Crippen LogP contribution in [0.3, 0.4) is 0 Å². The van der Waals surface area contributed by atoms with Gasteiger partial charge in [0, 0.05) is 17.8 Å². The van der Waals surface area contributed by atoms with Gasteiger partial charge in [0.25, 0.3) is 0 Å². The number of nitrogens with one attached hydrogen (secondary N) is 2. The molecule has 0 fully saturated rings. The van der Waals surface area contributed by atoms with E-state index in [1.165, 1.54) is 24.4 Å². The van der Waals surface area contributed by atoms with Gasteiger partial charge >= 0.3 is 6.36 Å². The largest absolute Gasteiger partial charge is 0.573 e. The molecule has 7 nitrogen and oxygen atoms in total. The molecule has 4 rings (SSSR count). The van der Waals surface area contributed by atoms with Crippen molar-refractivity contribution in [3.05, 3.63) is 60.4 Å². The van der Waals surface area contributed by atoms with Crippen LogP contribution in [0, 0.1) is 0 Å². The molecule has 0 radical (unpaired) electrons. The van der Waals surface area contributed by atoms with Crippen molar-refractivity contribution in [1.29, 1.82) is 0 Å². The summed E-state index contributed by atoms with van der Waals surface area (Å²) in [7, 11) is -3.82. The molecule has 0 bridgehead atoms. The lowest BCUT2D eigenvalue weighted by Crippen LogP contribution is -2.17. The molecule has 3 aromatic heterocycles. The van der Waals surface area contributed by atoms with E-state index in [9.17, 15) is 21.6 Å². The molecule has 1 aromatic carbocycles. The van der Waals surface area contributed by atoms with E-state index in [4.69, 9.17) is 0 Å². The van der Waals surface area contributed by atoms with Crippen molar-refractivity contribution in [2.75, 3.05) is 0 Å². The zero-order valence-electron chi connectivity index (χ0n) is 14.6. The number of pyridine rings is 1. The Labute approximate surface area is 162 Å². The lowest BCUT2D eigenvalue weighted by atomic mass is 10.2. The molecule has 0 atom stereocenters. The second kappa shape index (κ2) is 6.92. The van der Waals surface area contributed by atoms with Gasteiger partial charge in [0.15, 0.2) is 15.5 Å². The van der Waals surface area contributed by atoms with E-state index in [1.54, 1.807) is 18.3 Å². The molecule has 0 unspecified atom stereocenters. The summed E-state index contributed by atoms with van der Waals surface area (Å²) in [4.78, 5) is 6.99. The number of rotatable bonds is 5. The van der Waals surface area contributed by atoms with Gasteiger partial charge in [-0.1, -0.05) is 12.1 Å². The number of hydrogen-bond donors (Lipinski definition) is 2. The van der Waals surface area contributed by atoms with Crippen LogP contribution in [0.5, 0.6) is 5.75 Å². The second-order valence-corrected chi connectivity index (χ2v) is 8.17. The highest BCUT2D eigenvalue weighted by atomic mass is 32.2. The number of halogens is 3. The Bertz CT molecular complexity index is 1280. The minimum Gasteiger partial charge on any atom is -0.406 e. The van der Waals surface area contributed by atoms with Gasteiger partial charge in [-0.05, 0) is 35.9 Å². The van der Waals surface area contributed by atoms with Crippen molar-refractivity contribution in [2.45, 2.75) is 17.0 Å². The quantitative estimate of drug-likeness (QED) is 0.509. The predicted molar refractivity (Wildman–Crippen MR) is 97.7 cm³/mol. The van der Waals surface area contributed by atoms with Crippen LogP contribution in [0.4, 0.5) is 13.2 Å². The zero-order valence-corrected chi connectivity index (χ0v) is 15.4. The van der Waals surface area contributed by atoms with E-state index in [0.29, 0.717) is 17.0 Å². The molecule has 150 valence electrons. The minimum atomic E-state index is -4.85. The van der Waals surface area contributed by atoms with Gasteiger partial charge in [0.05, 0.1) is 22.0 Å². The molecule has 0 saturated carbocycles. The highest BCUT2D eigenvalue weighted by Gasteiger charge is 2.31. The van der Waals surface area contributed by atoms with Gasteiger partial charge in [-0.25, -0.2) is 13.4 Å². The number of sulfone groups is 1. The molecular weight excluding hydrogens is 409 g/mol. The molecule has 0 spiro atoms. The first-order chi connectivity index (χ1) is 13.7. The first-order valence-electron chi connectivity index (χ1n) is 8.27. The zero-order chi connectivity index (χ0) is 20.6. The normalized spacial score (nSPS) is 12.4. The maximum Gasteiger partial charge on any atom is 0.573 e. The number of aromatic amines is 2. The monoisotopic (exact) mass is 422 g/mol. The summed E-state index contributed by atoms with van der Waals surface area (Å²) in [5.41, 5.74) is 1.73. The van der Waals surface area contributed by atoms with Crippen molar-refractivity contribution >= 4 is 20.9 Å². The van der Waals surface area contributed by atoms with Gasteiger partial charge in [0.1, 0.15) is 5.75 Å². The molecule has 29 heavy (non-hydrogen) atoms. The van der Waals surface area contributed by atoms with E-state index in [0.717, 1.165) is 17.5 Å². The van der Waals surface area contributed by atoms with Crippen LogP contribution < -0.4 is 4.74 Å². The Morgan fingerprint density at radius 3 is 2.72 bits per heavy atom. The second-order valence-electron chi connectivity index (χ2n) is 6.18. The van der Waals surface area contributed by atoms with Crippen LogP contribution >= 0.6 is 0 Å². The maximum absolute atomic E-state index is 12.7. The van der Waals surface area contributed by atoms with Crippen molar-refractivity contribution in [3.8, 4) is 17.1 Å². The fraction of sp³-hybridized carbons (Fsp3) is 0.111.